The number of carbonyl (C=O) groups is 1. The quantitative estimate of drug-likeness (QED) is 0.821. The third-order valence-corrected chi connectivity index (χ3v) is 2.98. The Morgan fingerprint density at radius 1 is 1.35 bits per heavy atom. The van der Waals surface area contributed by atoms with Crippen molar-refractivity contribution in [2.75, 3.05) is 6.61 Å². The molecule has 0 aliphatic heterocycles. The first kappa shape index (κ1) is 11.7. The van der Waals surface area contributed by atoms with E-state index in [4.69, 9.17) is 4.74 Å². The van der Waals surface area contributed by atoms with E-state index in [1.165, 1.54) is 0 Å². The highest BCUT2D eigenvalue weighted by molar-refractivity contribution is 5.89. The van der Waals surface area contributed by atoms with Crippen LogP contribution in [0.3, 0.4) is 0 Å². The molecule has 1 N–H and O–H groups in total. The first-order chi connectivity index (χ1) is 8.27. The number of esters is 1. The Kier molecular flexibility index (Phi) is 3.47. The molecule has 0 saturated carbocycles. The Morgan fingerprint density at radius 3 is 2.82 bits per heavy atom. The van der Waals surface area contributed by atoms with E-state index >= 15 is 0 Å². The van der Waals surface area contributed by atoms with Gasteiger partial charge >= 0.3 is 5.97 Å². The molecule has 0 fully saturated rings. The number of fused-ring (bicyclic) bond motifs is 1. The first-order valence-electron chi connectivity index (χ1n) is 6.00. The van der Waals surface area contributed by atoms with Crippen LogP contribution in [0.5, 0.6) is 0 Å². The van der Waals surface area contributed by atoms with Crippen LogP contribution in [0.2, 0.25) is 0 Å². The second-order valence-corrected chi connectivity index (χ2v) is 4.00. The molecule has 0 saturated heterocycles. The second kappa shape index (κ2) is 5.04. The molecule has 3 heteroatoms. The monoisotopic (exact) mass is 231 g/mol. The lowest BCUT2D eigenvalue weighted by atomic mass is 9.96. The van der Waals surface area contributed by atoms with E-state index in [-0.39, 0.29) is 11.9 Å². The van der Waals surface area contributed by atoms with E-state index in [0.717, 1.165) is 22.9 Å². The molecule has 0 bridgehead atoms. The molecule has 2 aromatic rings. The van der Waals surface area contributed by atoms with Crippen molar-refractivity contribution in [1.29, 1.82) is 0 Å². The van der Waals surface area contributed by atoms with Crippen molar-refractivity contribution in [3.8, 4) is 0 Å². The van der Waals surface area contributed by atoms with Gasteiger partial charge in [0, 0.05) is 17.1 Å². The topological polar surface area (TPSA) is 42.1 Å². The number of aromatic amines is 1. The average molecular weight is 231 g/mol. The van der Waals surface area contributed by atoms with Crippen molar-refractivity contribution < 1.29 is 9.53 Å². The maximum Gasteiger partial charge on any atom is 0.313 e. The summed E-state index contributed by atoms with van der Waals surface area (Å²) < 4.78 is 5.11. The molecular weight excluding hydrogens is 214 g/mol. The highest BCUT2D eigenvalue weighted by Crippen LogP contribution is 2.28. The van der Waals surface area contributed by atoms with Crippen molar-refractivity contribution in [3.63, 3.8) is 0 Å². The summed E-state index contributed by atoms with van der Waals surface area (Å²) >= 11 is 0. The molecule has 0 radical (unpaired) electrons. The van der Waals surface area contributed by atoms with Gasteiger partial charge in [-0.25, -0.2) is 0 Å². The molecule has 1 atom stereocenters. The normalized spacial score (nSPS) is 12.6. The zero-order valence-corrected chi connectivity index (χ0v) is 10.2. The highest BCUT2D eigenvalue weighted by Gasteiger charge is 2.22. The van der Waals surface area contributed by atoms with Crippen LogP contribution in [-0.2, 0) is 9.53 Å². The molecule has 90 valence electrons. The molecule has 0 spiro atoms. The van der Waals surface area contributed by atoms with Crippen LogP contribution in [0.4, 0.5) is 0 Å². The van der Waals surface area contributed by atoms with Crippen LogP contribution < -0.4 is 0 Å². The summed E-state index contributed by atoms with van der Waals surface area (Å²) in [5.74, 6) is -0.314. The molecule has 0 amide bonds. The van der Waals surface area contributed by atoms with E-state index in [0.29, 0.717) is 6.61 Å². The molecule has 0 aliphatic carbocycles. The number of hydrogen-bond acceptors (Lipinski definition) is 2. The van der Waals surface area contributed by atoms with E-state index in [1.807, 2.05) is 44.3 Å². The van der Waals surface area contributed by atoms with Crippen LogP contribution in [-0.4, -0.2) is 17.6 Å². The van der Waals surface area contributed by atoms with Gasteiger partial charge in [-0.05, 0) is 25.0 Å². The van der Waals surface area contributed by atoms with Gasteiger partial charge in [0.2, 0.25) is 0 Å². The average Bonchev–Trinajstić information content (AvgIpc) is 2.75. The number of aromatic nitrogens is 1. The number of hydrogen-bond donors (Lipinski definition) is 1. The molecule has 1 heterocycles. The molecule has 17 heavy (non-hydrogen) atoms. The SMILES string of the molecule is CCOC(=O)C(CC)c1c[nH]c2ccccc12. The fourth-order valence-corrected chi connectivity index (χ4v) is 2.14. The lowest BCUT2D eigenvalue weighted by Gasteiger charge is -2.12. The summed E-state index contributed by atoms with van der Waals surface area (Å²) in [5.41, 5.74) is 2.09. The van der Waals surface area contributed by atoms with Crippen molar-refractivity contribution in [3.05, 3.63) is 36.0 Å². The molecule has 1 aromatic heterocycles. The lowest BCUT2D eigenvalue weighted by Crippen LogP contribution is -2.14. The Morgan fingerprint density at radius 2 is 2.12 bits per heavy atom. The number of benzene rings is 1. The number of nitrogens with one attached hydrogen (secondary N) is 1. The third kappa shape index (κ3) is 2.18. The summed E-state index contributed by atoms with van der Waals surface area (Å²) in [4.78, 5) is 15.1. The van der Waals surface area contributed by atoms with Gasteiger partial charge in [-0.1, -0.05) is 25.1 Å². The first-order valence-corrected chi connectivity index (χ1v) is 6.00. The van der Waals surface area contributed by atoms with E-state index in [2.05, 4.69) is 4.98 Å². The summed E-state index contributed by atoms with van der Waals surface area (Å²) in [6, 6.07) is 8.01. The number of H-pyrrole nitrogens is 1. The zero-order valence-electron chi connectivity index (χ0n) is 10.2. The maximum absolute atomic E-state index is 11.9. The molecule has 1 unspecified atom stereocenters. The minimum atomic E-state index is -0.175. The van der Waals surface area contributed by atoms with Crippen LogP contribution >= 0.6 is 0 Å². The Bertz CT molecular complexity index is 516. The van der Waals surface area contributed by atoms with Gasteiger partial charge in [-0.15, -0.1) is 0 Å². The number of para-hydroxylation sites is 1. The summed E-state index contributed by atoms with van der Waals surface area (Å²) in [7, 11) is 0. The molecule has 2 rings (SSSR count). The van der Waals surface area contributed by atoms with Crippen molar-refractivity contribution in [2.45, 2.75) is 26.2 Å². The summed E-state index contributed by atoms with van der Waals surface area (Å²) in [6.45, 7) is 4.26. The summed E-state index contributed by atoms with van der Waals surface area (Å²) in [5, 5.41) is 1.10. The molecule has 0 aliphatic rings. The van der Waals surface area contributed by atoms with E-state index in [1.54, 1.807) is 0 Å². The molecule has 3 nitrogen and oxygen atoms in total. The van der Waals surface area contributed by atoms with Gasteiger partial charge in [0.25, 0.3) is 0 Å². The molecular formula is C14H17NO2. The zero-order chi connectivity index (χ0) is 12.3. The number of ether oxygens (including phenoxy) is 1. The Hall–Kier alpha value is -1.77. The minimum absolute atomic E-state index is 0.139. The van der Waals surface area contributed by atoms with Gasteiger partial charge in [0.05, 0.1) is 12.5 Å². The minimum Gasteiger partial charge on any atom is -0.466 e. The van der Waals surface area contributed by atoms with Crippen molar-refractivity contribution >= 4 is 16.9 Å². The highest BCUT2D eigenvalue weighted by atomic mass is 16.5. The lowest BCUT2D eigenvalue weighted by molar-refractivity contribution is -0.145. The van der Waals surface area contributed by atoms with Gasteiger partial charge in [0.15, 0.2) is 0 Å². The number of carbonyl (C=O) groups excluding carboxylic acids is 1. The number of rotatable bonds is 4. The van der Waals surface area contributed by atoms with Crippen LogP contribution in [0, 0.1) is 0 Å². The predicted octanol–water partition coefficient (Wildman–Crippen LogP) is 3.22. The third-order valence-electron chi connectivity index (χ3n) is 2.98. The van der Waals surface area contributed by atoms with Crippen molar-refractivity contribution in [1.82, 2.24) is 4.98 Å². The second-order valence-electron chi connectivity index (χ2n) is 4.00. The summed E-state index contributed by atoms with van der Waals surface area (Å²) in [6.07, 6.45) is 2.66. The molecule has 1 aromatic carbocycles. The fourth-order valence-electron chi connectivity index (χ4n) is 2.14. The standard InChI is InChI=1S/C14H17NO2/c1-3-10(14(16)17-4-2)12-9-15-13-8-6-5-7-11(12)13/h5-10,15H,3-4H2,1-2H3. The van der Waals surface area contributed by atoms with Gasteiger partial charge < -0.3 is 9.72 Å². The van der Waals surface area contributed by atoms with E-state index in [9.17, 15) is 4.79 Å². The predicted molar refractivity (Wildman–Crippen MR) is 68.0 cm³/mol. The van der Waals surface area contributed by atoms with Crippen LogP contribution in [0.1, 0.15) is 31.7 Å². The Balaban J connectivity index is 2.40. The Labute approximate surface area is 101 Å². The van der Waals surface area contributed by atoms with Gasteiger partial charge in [-0.3, -0.25) is 4.79 Å². The largest absolute Gasteiger partial charge is 0.466 e. The smallest absolute Gasteiger partial charge is 0.313 e. The van der Waals surface area contributed by atoms with E-state index < -0.39 is 0 Å². The van der Waals surface area contributed by atoms with Crippen molar-refractivity contribution in [2.24, 2.45) is 0 Å². The maximum atomic E-state index is 11.9. The van der Waals surface area contributed by atoms with Gasteiger partial charge in [0.1, 0.15) is 0 Å². The van der Waals surface area contributed by atoms with Crippen LogP contribution in [0.15, 0.2) is 30.5 Å². The van der Waals surface area contributed by atoms with Crippen LogP contribution in [0.25, 0.3) is 10.9 Å². The fraction of sp³-hybridized carbons (Fsp3) is 0.357. The van der Waals surface area contributed by atoms with Gasteiger partial charge in [-0.2, -0.15) is 0 Å².